The van der Waals surface area contributed by atoms with E-state index < -0.39 is 11.9 Å². The van der Waals surface area contributed by atoms with Crippen molar-refractivity contribution in [3.63, 3.8) is 0 Å². The summed E-state index contributed by atoms with van der Waals surface area (Å²) < 4.78 is 16.8. The minimum atomic E-state index is -0.751. The molecule has 0 fully saturated rings. The molecule has 0 spiro atoms. The summed E-state index contributed by atoms with van der Waals surface area (Å²) in [6.45, 7) is 2.37. The Morgan fingerprint density at radius 2 is 1.83 bits per heavy atom. The van der Waals surface area contributed by atoms with Crippen molar-refractivity contribution in [2.75, 3.05) is 13.7 Å². The summed E-state index contributed by atoms with van der Waals surface area (Å²) in [5, 5.41) is 10.9. The number of rotatable bonds is 6. The van der Waals surface area contributed by atoms with E-state index >= 15 is 0 Å². The topological polar surface area (TPSA) is 89.2 Å². The monoisotopic (exact) mass is 491 g/mol. The van der Waals surface area contributed by atoms with Crippen LogP contribution >= 0.6 is 11.6 Å². The number of hydrogen-bond donors (Lipinski definition) is 1. The van der Waals surface area contributed by atoms with E-state index in [2.05, 4.69) is 0 Å². The number of fused-ring (bicyclic) bond motifs is 2. The van der Waals surface area contributed by atoms with Gasteiger partial charge in [-0.2, -0.15) is 0 Å². The third kappa shape index (κ3) is 3.98. The molecule has 0 unspecified atom stereocenters. The largest absolute Gasteiger partial charge is 0.504 e. The standard InChI is InChI=1S/C27H22ClNO6/c1-3-34-22-12-16(6-10-20(22)30)24-23-25(31)19-13-17(28)7-11-21(19)35-26(23)27(32)29(24)14-15-4-8-18(33-2)9-5-15/h4-13,24,30H,3,14H2,1-2H3/t24-/m0/s1. The van der Waals surface area contributed by atoms with Gasteiger partial charge < -0.3 is 23.9 Å². The number of halogens is 1. The number of phenolic OH excluding ortho intramolecular Hbond substituents is 1. The highest BCUT2D eigenvalue weighted by Crippen LogP contribution is 2.41. The zero-order valence-electron chi connectivity index (χ0n) is 19.1. The van der Waals surface area contributed by atoms with E-state index in [-0.39, 0.29) is 40.4 Å². The summed E-state index contributed by atoms with van der Waals surface area (Å²) in [6.07, 6.45) is 0. The lowest BCUT2D eigenvalue weighted by atomic mass is 9.97. The Hall–Kier alpha value is -3.97. The molecule has 0 aliphatic carbocycles. The van der Waals surface area contributed by atoms with Crippen molar-refractivity contribution in [2.45, 2.75) is 19.5 Å². The number of hydrogen-bond acceptors (Lipinski definition) is 6. The van der Waals surface area contributed by atoms with Gasteiger partial charge in [-0.15, -0.1) is 0 Å². The highest BCUT2D eigenvalue weighted by atomic mass is 35.5. The Bertz CT molecular complexity index is 1490. The number of phenols is 1. The van der Waals surface area contributed by atoms with Crippen LogP contribution in [-0.2, 0) is 6.54 Å². The van der Waals surface area contributed by atoms with Crippen LogP contribution in [-0.4, -0.2) is 29.6 Å². The van der Waals surface area contributed by atoms with Crippen LogP contribution in [0.25, 0.3) is 11.0 Å². The van der Waals surface area contributed by atoms with Gasteiger partial charge in [0.1, 0.15) is 11.3 Å². The first-order chi connectivity index (χ1) is 16.9. The van der Waals surface area contributed by atoms with Crippen molar-refractivity contribution in [1.29, 1.82) is 0 Å². The third-order valence-corrected chi connectivity index (χ3v) is 6.27. The predicted octanol–water partition coefficient (Wildman–Crippen LogP) is 5.30. The molecular weight excluding hydrogens is 470 g/mol. The Morgan fingerprint density at radius 3 is 2.54 bits per heavy atom. The number of ether oxygens (including phenoxy) is 2. The Kier molecular flexibility index (Phi) is 5.86. The fourth-order valence-electron chi connectivity index (χ4n) is 4.40. The lowest BCUT2D eigenvalue weighted by molar-refractivity contribution is 0.0714. The molecule has 1 atom stereocenters. The van der Waals surface area contributed by atoms with E-state index in [0.29, 0.717) is 28.3 Å². The maximum absolute atomic E-state index is 13.7. The zero-order valence-corrected chi connectivity index (χ0v) is 19.8. The van der Waals surface area contributed by atoms with Crippen molar-refractivity contribution >= 4 is 28.5 Å². The van der Waals surface area contributed by atoms with E-state index in [1.165, 1.54) is 6.07 Å². The van der Waals surface area contributed by atoms with Crippen molar-refractivity contribution in [3.8, 4) is 17.2 Å². The third-order valence-electron chi connectivity index (χ3n) is 6.04. The second kappa shape index (κ2) is 9.00. The van der Waals surface area contributed by atoms with Gasteiger partial charge in [0, 0.05) is 11.6 Å². The van der Waals surface area contributed by atoms with Crippen molar-refractivity contribution in [2.24, 2.45) is 0 Å². The highest BCUT2D eigenvalue weighted by molar-refractivity contribution is 6.31. The quantitative estimate of drug-likeness (QED) is 0.393. The first kappa shape index (κ1) is 22.8. The predicted molar refractivity (Wildman–Crippen MR) is 131 cm³/mol. The van der Waals surface area contributed by atoms with Gasteiger partial charge in [-0.1, -0.05) is 29.8 Å². The van der Waals surface area contributed by atoms with E-state index in [1.807, 2.05) is 24.3 Å². The molecule has 0 bridgehead atoms. The van der Waals surface area contributed by atoms with Crippen molar-refractivity contribution < 1.29 is 23.8 Å². The molecule has 1 aromatic heterocycles. The summed E-state index contributed by atoms with van der Waals surface area (Å²) in [6, 6.07) is 16.1. The molecule has 1 amide bonds. The molecule has 5 rings (SSSR count). The van der Waals surface area contributed by atoms with Crippen LogP contribution < -0.4 is 14.9 Å². The summed E-state index contributed by atoms with van der Waals surface area (Å²) in [5.74, 6) is 0.527. The van der Waals surface area contributed by atoms with Gasteiger partial charge in [-0.25, -0.2) is 0 Å². The average Bonchev–Trinajstić information content (AvgIpc) is 3.13. The van der Waals surface area contributed by atoms with Crippen LogP contribution in [0.4, 0.5) is 0 Å². The van der Waals surface area contributed by atoms with Crippen LogP contribution in [0.2, 0.25) is 5.02 Å². The van der Waals surface area contributed by atoms with E-state index in [9.17, 15) is 14.7 Å². The zero-order chi connectivity index (χ0) is 24.7. The van der Waals surface area contributed by atoms with Crippen LogP contribution in [0, 0.1) is 0 Å². The summed E-state index contributed by atoms with van der Waals surface area (Å²) in [7, 11) is 1.58. The molecule has 178 valence electrons. The molecule has 0 saturated heterocycles. The summed E-state index contributed by atoms with van der Waals surface area (Å²) in [4.78, 5) is 28.9. The SMILES string of the molecule is CCOc1cc([C@H]2c3c(oc4ccc(Cl)cc4c3=O)C(=O)N2Cc2ccc(OC)cc2)ccc1O. The van der Waals surface area contributed by atoms with Gasteiger partial charge in [0.2, 0.25) is 5.76 Å². The van der Waals surface area contributed by atoms with Gasteiger partial charge in [0.15, 0.2) is 16.9 Å². The number of amides is 1. The molecule has 35 heavy (non-hydrogen) atoms. The number of carbonyl (C=O) groups excluding carboxylic acids is 1. The average molecular weight is 492 g/mol. The van der Waals surface area contributed by atoms with Gasteiger partial charge in [0.25, 0.3) is 5.91 Å². The normalized spacial score (nSPS) is 14.9. The minimum absolute atomic E-state index is 0.00521. The molecule has 1 aliphatic heterocycles. The summed E-state index contributed by atoms with van der Waals surface area (Å²) >= 11 is 6.14. The van der Waals surface area contributed by atoms with Crippen LogP contribution in [0.3, 0.4) is 0 Å². The maximum Gasteiger partial charge on any atom is 0.291 e. The Labute approximate surface area is 206 Å². The molecule has 0 radical (unpaired) electrons. The van der Waals surface area contributed by atoms with E-state index in [0.717, 1.165) is 5.56 Å². The van der Waals surface area contributed by atoms with Gasteiger partial charge in [-0.05, 0) is 60.5 Å². The molecule has 1 N–H and O–H groups in total. The van der Waals surface area contributed by atoms with Gasteiger partial charge >= 0.3 is 0 Å². The van der Waals surface area contributed by atoms with Gasteiger partial charge in [-0.3, -0.25) is 9.59 Å². The first-order valence-electron chi connectivity index (χ1n) is 11.1. The fourth-order valence-corrected chi connectivity index (χ4v) is 4.57. The number of aromatic hydroxyl groups is 1. The lowest BCUT2D eigenvalue weighted by Gasteiger charge is -2.26. The molecule has 2 heterocycles. The summed E-state index contributed by atoms with van der Waals surface area (Å²) in [5.41, 5.74) is 1.65. The van der Waals surface area contributed by atoms with Crippen LogP contribution in [0.1, 0.15) is 40.2 Å². The van der Waals surface area contributed by atoms with E-state index in [4.69, 9.17) is 25.5 Å². The number of benzene rings is 3. The fraction of sp³-hybridized carbons (Fsp3) is 0.185. The molecule has 0 saturated carbocycles. The second-order valence-corrected chi connectivity index (χ2v) is 8.59. The molecule has 3 aromatic carbocycles. The number of methoxy groups -OCH3 is 1. The Morgan fingerprint density at radius 1 is 1.06 bits per heavy atom. The molecule has 7 nitrogen and oxygen atoms in total. The van der Waals surface area contributed by atoms with E-state index in [1.54, 1.807) is 49.3 Å². The second-order valence-electron chi connectivity index (χ2n) is 8.16. The number of nitrogens with zero attached hydrogens (tertiary/aromatic N) is 1. The smallest absolute Gasteiger partial charge is 0.291 e. The molecule has 1 aliphatic rings. The van der Waals surface area contributed by atoms with Crippen molar-refractivity contribution in [3.05, 3.63) is 98.4 Å². The van der Waals surface area contributed by atoms with Crippen LogP contribution in [0.5, 0.6) is 17.2 Å². The van der Waals surface area contributed by atoms with Gasteiger partial charge in [0.05, 0.1) is 30.7 Å². The minimum Gasteiger partial charge on any atom is -0.504 e. The molecular formula is C27H22ClNO6. The first-order valence-corrected chi connectivity index (χ1v) is 11.4. The Balaban J connectivity index is 1.70. The molecule has 8 heteroatoms. The lowest BCUT2D eigenvalue weighted by Crippen LogP contribution is -2.29. The number of carbonyl (C=O) groups is 1. The van der Waals surface area contributed by atoms with Crippen LogP contribution in [0.15, 0.2) is 69.9 Å². The van der Waals surface area contributed by atoms with Crippen molar-refractivity contribution in [1.82, 2.24) is 4.90 Å². The molecule has 4 aromatic rings. The highest BCUT2D eigenvalue weighted by Gasteiger charge is 2.43. The maximum atomic E-state index is 13.7.